The maximum absolute atomic E-state index is 4.16. The molecule has 1 unspecified atom stereocenters. The van der Waals surface area contributed by atoms with Gasteiger partial charge in [-0.05, 0) is 66.8 Å². The molecule has 0 aliphatic carbocycles. The van der Waals surface area contributed by atoms with Crippen molar-refractivity contribution >= 4 is 0 Å². The molecular formula is C22H25N3. The number of pyridine rings is 1. The molecule has 25 heavy (non-hydrogen) atoms. The molecule has 1 aliphatic rings. The fraction of sp³-hybridized carbons (Fsp3) is 0.318. The van der Waals surface area contributed by atoms with Crippen LogP contribution in [0.2, 0.25) is 0 Å². The van der Waals surface area contributed by atoms with Crippen molar-refractivity contribution in [3.05, 3.63) is 89.0 Å². The van der Waals surface area contributed by atoms with Gasteiger partial charge in [-0.2, -0.15) is 0 Å². The Balaban J connectivity index is 1.76. The molecule has 3 heteroatoms. The van der Waals surface area contributed by atoms with Gasteiger partial charge in [0.1, 0.15) is 0 Å². The molecule has 0 amide bonds. The molecule has 2 aromatic heterocycles. The fourth-order valence-corrected chi connectivity index (χ4v) is 3.85. The number of aromatic nitrogens is 2. The molecule has 0 radical (unpaired) electrons. The van der Waals surface area contributed by atoms with Gasteiger partial charge in [0, 0.05) is 43.9 Å². The van der Waals surface area contributed by atoms with Gasteiger partial charge in [-0.15, -0.1) is 0 Å². The Morgan fingerprint density at radius 2 is 1.84 bits per heavy atom. The summed E-state index contributed by atoms with van der Waals surface area (Å²) in [5, 5.41) is 0. The first-order valence-corrected chi connectivity index (χ1v) is 9.07. The molecule has 3 aromatic rings. The van der Waals surface area contributed by atoms with Crippen molar-refractivity contribution in [1.82, 2.24) is 14.5 Å². The molecular weight excluding hydrogens is 306 g/mol. The Morgan fingerprint density at radius 1 is 1.00 bits per heavy atom. The molecule has 4 rings (SSSR count). The summed E-state index contributed by atoms with van der Waals surface area (Å²) in [7, 11) is 0. The van der Waals surface area contributed by atoms with Gasteiger partial charge in [0.25, 0.3) is 0 Å². The smallest absolute Gasteiger partial charge is 0.0759 e. The van der Waals surface area contributed by atoms with Crippen LogP contribution in [-0.2, 0) is 13.1 Å². The number of hydrogen-bond acceptors (Lipinski definition) is 2. The van der Waals surface area contributed by atoms with Crippen LogP contribution in [0.3, 0.4) is 0 Å². The Labute approximate surface area is 149 Å². The topological polar surface area (TPSA) is 21.1 Å². The van der Waals surface area contributed by atoms with Gasteiger partial charge in [0.15, 0.2) is 0 Å². The summed E-state index contributed by atoms with van der Waals surface area (Å²) in [6.07, 6.45) is 7.18. The van der Waals surface area contributed by atoms with Crippen LogP contribution >= 0.6 is 0 Å². The number of aryl methyl sites for hydroxylation is 3. The second kappa shape index (κ2) is 6.85. The minimum absolute atomic E-state index is 0.296. The van der Waals surface area contributed by atoms with Crippen molar-refractivity contribution in [1.29, 1.82) is 0 Å². The predicted octanol–water partition coefficient (Wildman–Crippen LogP) is 4.50. The number of hydrogen-bond donors (Lipinski definition) is 0. The lowest BCUT2D eigenvalue weighted by atomic mass is 9.97. The summed E-state index contributed by atoms with van der Waals surface area (Å²) in [6, 6.07) is 15.9. The average Bonchev–Trinajstić information content (AvgIpc) is 3.00. The lowest BCUT2D eigenvalue weighted by Gasteiger charge is -2.31. The predicted molar refractivity (Wildman–Crippen MR) is 101 cm³/mol. The van der Waals surface area contributed by atoms with Crippen LogP contribution in [0.15, 0.2) is 61.1 Å². The van der Waals surface area contributed by atoms with E-state index < -0.39 is 0 Å². The number of fused-ring (bicyclic) bond motifs is 1. The summed E-state index contributed by atoms with van der Waals surface area (Å²) in [4.78, 5) is 6.77. The maximum Gasteiger partial charge on any atom is 0.0759 e. The van der Waals surface area contributed by atoms with E-state index in [2.05, 4.69) is 77.0 Å². The van der Waals surface area contributed by atoms with E-state index >= 15 is 0 Å². The van der Waals surface area contributed by atoms with Crippen LogP contribution in [0.1, 0.15) is 40.4 Å². The Kier molecular flexibility index (Phi) is 4.41. The lowest BCUT2D eigenvalue weighted by Crippen LogP contribution is -2.29. The first kappa shape index (κ1) is 16.1. The van der Waals surface area contributed by atoms with Crippen LogP contribution in [-0.4, -0.2) is 21.0 Å². The summed E-state index contributed by atoms with van der Waals surface area (Å²) in [5.41, 5.74) is 6.83. The van der Waals surface area contributed by atoms with Gasteiger partial charge in [-0.1, -0.05) is 18.2 Å². The third-order valence-electron chi connectivity index (χ3n) is 5.34. The third kappa shape index (κ3) is 3.24. The third-order valence-corrected chi connectivity index (χ3v) is 5.34. The van der Waals surface area contributed by atoms with Crippen LogP contribution in [0.5, 0.6) is 0 Å². The molecule has 0 spiro atoms. The van der Waals surface area contributed by atoms with E-state index in [1.807, 2.05) is 12.4 Å². The number of nitrogens with zero attached hydrogens (tertiary/aromatic N) is 3. The van der Waals surface area contributed by atoms with E-state index in [9.17, 15) is 0 Å². The maximum atomic E-state index is 4.16. The fourth-order valence-electron chi connectivity index (χ4n) is 3.85. The zero-order chi connectivity index (χ0) is 17.2. The monoisotopic (exact) mass is 331 g/mol. The molecule has 3 heterocycles. The summed E-state index contributed by atoms with van der Waals surface area (Å²) >= 11 is 0. The molecule has 0 fully saturated rings. The minimum Gasteiger partial charge on any atom is -0.350 e. The normalized spacial score (nSPS) is 17.9. The van der Waals surface area contributed by atoms with E-state index in [1.54, 1.807) is 0 Å². The highest BCUT2D eigenvalue weighted by Gasteiger charge is 2.27. The molecule has 0 bridgehead atoms. The van der Waals surface area contributed by atoms with Crippen molar-refractivity contribution in [2.75, 3.05) is 6.54 Å². The van der Waals surface area contributed by atoms with Crippen molar-refractivity contribution in [2.45, 2.75) is 39.4 Å². The van der Waals surface area contributed by atoms with E-state index in [1.165, 1.54) is 34.4 Å². The number of rotatable bonds is 3. The molecule has 1 aromatic carbocycles. The molecule has 1 atom stereocenters. The summed E-state index contributed by atoms with van der Waals surface area (Å²) in [5.74, 6) is 0. The van der Waals surface area contributed by atoms with Crippen molar-refractivity contribution in [3.63, 3.8) is 0 Å². The molecule has 0 saturated heterocycles. The SMILES string of the molecule is Cc1ccc(C2c3cccn3CCCN2Cc2ccncc2)cc1C. The highest BCUT2D eigenvalue weighted by atomic mass is 15.2. The van der Waals surface area contributed by atoms with Gasteiger partial charge >= 0.3 is 0 Å². The van der Waals surface area contributed by atoms with Crippen molar-refractivity contribution in [2.24, 2.45) is 0 Å². The van der Waals surface area contributed by atoms with Crippen LogP contribution in [0, 0.1) is 13.8 Å². The minimum atomic E-state index is 0.296. The summed E-state index contributed by atoms with van der Waals surface area (Å²) < 4.78 is 2.42. The zero-order valence-electron chi connectivity index (χ0n) is 15.0. The van der Waals surface area contributed by atoms with E-state index in [0.29, 0.717) is 6.04 Å². The molecule has 0 saturated carbocycles. The number of benzene rings is 1. The van der Waals surface area contributed by atoms with Gasteiger partial charge in [-0.3, -0.25) is 9.88 Å². The Hall–Kier alpha value is -2.39. The standard InChI is InChI=1S/C22H25N3/c1-17-6-7-20(15-18(17)2)22-21-5-3-12-24(21)13-4-14-25(22)16-19-8-10-23-11-9-19/h3,5-12,15,22H,4,13-14,16H2,1-2H3. The molecule has 0 N–H and O–H groups in total. The average molecular weight is 331 g/mol. The lowest BCUT2D eigenvalue weighted by molar-refractivity contribution is 0.220. The Bertz CT molecular complexity index is 851. The van der Waals surface area contributed by atoms with Crippen LogP contribution < -0.4 is 0 Å². The largest absolute Gasteiger partial charge is 0.350 e. The van der Waals surface area contributed by atoms with Crippen LogP contribution in [0.4, 0.5) is 0 Å². The highest BCUT2D eigenvalue weighted by Crippen LogP contribution is 2.33. The zero-order valence-corrected chi connectivity index (χ0v) is 15.0. The summed E-state index contributed by atoms with van der Waals surface area (Å²) in [6.45, 7) is 7.54. The molecule has 1 aliphatic heterocycles. The van der Waals surface area contributed by atoms with Gasteiger partial charge in [0.05, 0.1) is 6.04 Å². The van der Waals surface area contributed by atoms with Crippen molar-refractivity contribution in [3.8, 4) is 0 Å². The van der Waals surface area contributed by atoms with E-state index in [-0.39, 0.29) is 0 Å². The Morgan fingerprint density at radius 3 is 2.64 bits per heavy atom. The van der Waals surface area contributed by atoms with Crippen LogP contribution in [0.25, 0.3) is 0 Å². The quantitative estimate of drug-likeness (QED) is 0.705. The van der Waals surface area contributed by atoms with Gasteiger partial charge in [-0.25, -0.2) is 0 Å². The second-order valence-electron chi connectivity index (χ2n) is 7.05. The first-order valence-electron chi connectivity index (χ1n) is 9.07. The molecule has 3 nitrogen and oxygen atoms in total. The first-order chi connectivity index (χ1) is 12.2. The molecule has 128 valence electrons. The van der Waals surface area contributed by atoms with Gasteiger partial charge in [0.2, 0.25) is 0 Å². The second-order valence-corrected chi connectivity index (χ2v) is 7.05. The van der Waals surface area contributed by atoms with E-state index in [4.69, 9.17) is 0 Å². The van der Waals surface area contributed by atoms with Gasteiger partial charge < -0.3 is 4.57 Å². The highest BCUT2D eigenvalue weighted by molar-refractivity contribution is 5.36. The van der Waals surface area contributed by atoms with E-state index in [0.717, 1.165) is 19.6 Å². The van der Waals surface area contributed by atoms with Crippen molar-refractivity contribution < 1.29 is 0 Å².